The standard InChI is InChI=1S/C15H24ClNO3S/c16-14-4-2-13(3-5-14)11-20-12-15(19)10-17-6-9-21-8-1-7-18/h2-5,15,17-19H,1,6-12H2. The van der Waals surface area contributed by atoms with E-state index in [1.54, 1.807) is 11.8 Å². The van der Waals surface area contributed by atoms with Gasteiger partial charge in [-0.3, -0.25) is 0 Å². The molecule has 0 heterocycles. The first kappa shape index (κ1) is 18.7. The van der Waals surface area contributed by atoms with Crippen molar-refractivity contribution >= 4 is 23.4 Å². The monoisotopic (exact) mass is 333 g/mol. The molecule has 120 valence electrons. The zero-order valence-electron chi connectivity index (χ0n) is 12.1. The first-order chi connectivity index (χ1) is 10.2. The van der Waals surface area contributed by atoms with E-state index in [0.717, 1.165) is 30.0 Å². The minimum absolute atomic E-state index is 0.254. The fourth-order valence-corrected chi connectivity index (χ4v) is 2.59. The molecule has 0 fully saturated rings. The Bertz CT molecular complexity index is 364. The Balaban J connectivity index is 1.96. The van der Waals surface area contributed by atoms with Gasteiger partial charge in [-0.25, -0.2) is 0 Å². The van der Waals surface area contributed by atoms with Crippen LogP contribution in [-0.2, 0) is 11.3 Å². The first-order valence-electron chi connectivity index (χ1n) is 7.12. The summed E-state index contributed by atoms with van der Waals surface area (Å²) < 4.78 is 5.47. The van der Waals surface area contributed by atoms with Crippen LogP contribution in [0.5, 0.6) is 0 Å². The zero-order valence-corrected chi connectivity index (χ0v) is 13.7. The van der Waals surface area contributed by atoms with Crippen molar-refractivity contribution in [2.45, 2.75) is 19.1 Å². The number of aliphatic hydroxyl groups is 2. The molecule has 1 aromatic rings. The Labute approximate surface area is 135 Å². The van der Waals surface area contributed by atoms with E-state index in [4.69, 9.17) is 21.4 Å². The quantitative estimate of drug-likeness (QED) is 0.510. The van der Waals surface area contributed by atoms with Crippen LogP contribution in [0.1, 0.15) is 12.0 Å². The minimum Gasteiger partial charge on any atom is -0.396 e. The third-order valence-electron chi connectivity index (χ3n) is 2.74. The van der Waals surface area contributed by atoms with Crippen LogP contribution >= 0.6 is 23.4 Å². The van der Waals surface area contributed by atoms with Crippen molar-refractivity contribution in [2.75, 3.05) is 37.8 Å². The van der Waals surface area contributed by atoms with Crippen molar-refractivity contribution in [1.82, 2.24) is 5.32 Å². The van der Waals surface area contributed by atoms with E-state index < -0.39 is 6.10 Å². The molecular formula is C15H24ClNO3S. The highest BCUT2D eigenvalue weighted by Gasteiger charge is 2.04. The third-order valence-corrected chi connectivity index (χ3v) is 4.06. The fraction of sp³-hybridized carbons (Fsp3) is 0.600. The van der Waals surface area contributed by atoms with Gasteiger partial charge in [0.25, 0.3) is 0 Å². The molecule has 0 amide bonds. The molecule has 0 saturated heterocycles. The molecule has 21 heavy (non-hydrogen) atoms. The van der Waals surface area contributed by atoms with Gasteiger partial charge in [-0.1, -0.05) is 23.7 Å². The Kier molecular flexibility index (Phi) is 10.9. The van der Waals surface area contributed by atoms with Gasteiger partial charge in [-0.05, 0) is 29.9 Å². The second-order valence-corrected chi connectivity index (χ2v) is 6.35. The minimum atomic E-state index is -0.500. The molecule has 1 unspecified atom stereocenters. The maximum atomic E-state index is 9.76. The lowest BCUT2D eigenvalue weighted by Crippen LogP contribution is -2.31. The number of thioether (sulfide) groups is 1. The van der Waals surface area contributed by atoms with E-state index in [1.165, 1.54) is 0 Å². The molecule has 0 spiro atoms. The maximum Gasteiger partial charge on any atom is 0.0897 e. The molecule has 3 N–H and O–H groups in total. The maximum absolute atomic E-state index is 9.76. The number of aliphatic hydroxyl groups excluding tert-OH is 2. The Morgan fingerprint density at radius 2 is 2.00 bits per heavy atom. The summed E-state index contributed by atoms with van der Waals surface area (Å²) in [5, 5.41) is 22.3. The van der Waals surface area contributed by atoms with Crippen LogP contribution in [0.15, 0.2) is 24.3 Å². The summed E-state index contributed by atoms with van der Waals surface area (Å²) in [7, 11) is 0. The molecule has 1 atom stereocenters. The summed E-state index contributed by atoms with van der Waals surface area (Å²) in [6.45, 7) is 2.42. The summed E-state index contributed by atoms with van der Waals surface area (Å²) in [6, 6.07) is 7.48. The van der Waals surface area contributed by atoms with Gasteiger partial charge in [0.1, 0.15) is 0 Å². The molecule has 0 radical (unpaired) electrons. The number of benzene rings is 1. The van der Waals surface area contributed by atoms with Gasteiger partial charge >= 0.3 is 0 Å². The van der Waals surface area contributed by atoms with Crippen LogP contribution in [0.2, 0.25) is 5.02 Å². The Hall–Kier alpha value is -0.300. The highest BCUT2D eigenvalue weighted by atomic mass is 35.5. The summed E-state index contributed by atoms with van der Waals surface area (Å²) in [5.74, 6) is 1.96. The van der Waals surface area contributed by atoms with Crippen molar-refractivity contribution in [3.63, 3.8) is 0 Å². The van der Waals surface area contributed by atoms with Gasteiger partial charge in [-0.15, -0.1) is 0 Å². The molecule has 1 rings (SSSR count). The van der Waals surface area contributed by atoms with Gasteiger partial charge in [-0.2, -0.15) is 11.8 Å². The number of hydrogen-bond acceptors (Lipinski definition) is 5. The SMILES string of the molecule is OCCCSCCNCC(O)COCc1ccc(Cl)cc1. The van der Waals surface area contributed by atoms with Gasteiger partial charge in [0.05, 0.1) is 19.3 Å². The van der Waals surface area contributed by atoms with E-state index in [0.29, 0.717) is 24.8 Å². The number of hydrogen-bond donors (Lipinski definition) is 3. The Morgan fingerprint density at radius 3 is 2.71 bits per heavy atom. The summed E-state index contributed by atoms with van der Waals surface area (Å²) in [5.41, 5.74) is 1.04. The lowest BCUT2D eigenvalue weighted by atomic mass is 10.2. The molecule has 6 heteroatoms. The molecule has 0 aliphatic rings. The molecule has 0 aliphatic heterocycles. The molecule has 1 aromatic carbocycles. The highest BCUT2D eigenvalue weighted by molar-refractivity contribution is 7.99. The van der Waals surface area contributed by atoms with Crippen LogP contribution in [0.4, 0.5) is 0 Å². The van der Waals surface area contributed by atoms with Gasteiger partial charge < -0.3 is 20.3 Å². The highest BCUT2D eigenvalue weighted by Crippen LogP contribution is 2.10. The molecule has 0 bridgehead atoms. The normalized spacial score (nSPS) is 12.5. The second-order valence-electron chi connectivity index (χ2n) is 4.69. The number of ether oxygens (including phenoxy) is 1. The summed E-state index contributed by atoms with van der Waals surface area (Å²) in [6.07, 6.45) is 0.339. The second kappa shape index (κ2) is 12.3. The molecule has 0 aliphatic carbocycles. The number of rotatable bonds is 12. The fourth-order valence-electron chi connectivity index (χ4n) is 1.63. The van der Waals surface area contributed by atoms with E-state index in [2.05, 4.69) is 5.32 Å². The van der Waals surface area contributed by atoms with Crippen LogP contribution < -0.4 is 5.32 Å². The number of halogens is 1. The van der Waals surface area contributed by atoms with E-state index >= 15 is 0 Å². The lowest BCUT2D eigenvalue weighted by molar-refractivity contribution is 0.0291. The topological polar surface area (TPSA) is 61.7 Å². The average molecular weight is 334 g/mol. The van der Waals surface area contributed by atoms with Gasteiger partial charge in [0.15, 0.2) is 0 Å². The van der Waals surface area contributed by atoms with Crippen LogP contribution in [0, 0.1) is 0 Å². The molecule has 4 nitrogen and oxygen atoms in total. The Morgan fingerprint density at radius 1 is 1.24 bits per heavy atom. The van der Waals surface area contributed by atoms with Crippen LogP contribution in [0.25, 0.3) is 0 Å². The van der Waals surface area contributed by atoms with Gasteiger partial charge in [0, 0.05) is 30.5 Å². The lowest BCUT2D eigenvalue weighted by Gasteiger charge is -2.12. The van der Waals surface area contributed by atoms with E-state index in [1.807, 2.05) is 24.3 Å². The molecular weight excluding hydrogens is 310 g/mol. The molecule has 0 aromatic heterocycles. The van der Waals surface area contributed by atoms with Crippen molar-refractivity contribution in [3.05, 3.63) is 34.9 Å². The third kappa shape index (κ3) is 10.1. The van der Waals surface area contributed by atoms with Crippen molar-refractivity contribution in [2.24, 2.45) is 0 Å². The predicted octanol–water partition coefficient (Wildman–Crippen LogP) is 1.92. The van der Waals surface area contributed by atoms with E-state index in [9.17, 15) is 5.11 Å². The van der Waals surface area contributed by atoms with Crippen LogP contribution in [-0.4, -0.2) is 54.1 Å². The number of nitrogens with one attached hydrogen (secondary N) is 1. The average Bonchev–Trinajstić information content (AvgIpc) is 2.48. The van der Waals surface area contributed by atoms with Crippen molar-refractivity contribution in [3.8, 4) is 0 Å². The predicted molar refractivity (Wildman–Crippen MR) is 89.0 cm³/mol. The zero-order chi connectivity index (χ0) is 15.3. The van der Waals surface area contributed by atoms with Crippen molar-refractivity contribution in [1.29, 1.82) is 0 Å². The largest absolute Gasteiger partial charge is 0.396 e. The van der Waals surface area contributed by atoms with Crippen LogP contribution in [0.3, 0.4) is 0 Å². The first-order valence-corrected chi connectivity index (χ1v) is 8.65. The summed E-state index contributed by atoms with van der Waals surface area (Å²) in [4.78, 5) is 0. The van der Waals surface area contributed by atoms with Crippen molar-refractivity contribution < 1.29 is 14.9 Å². The molecule has 0 saturated carbocycles. The van der Waals surface area contributed by atoms with Gasteiger partial charge in [0.2, 0.25) is 0 Å². The smallest absolute Gasteiger partial charge is 0.0897 e. The summed E-state index contributed by atoms with van der Waals surface area (Å²) >= 11 is 7.60. The van der Waals surface area contributed by atoms with E-state index in [-0.39, 0.29) is 6.61 Å².